The van der Waals surface area contributed by atoms with Crippen molar-refractivity contribution in [2.45, 2.75) is 25.9 Å². The summed E-state index contributed by atoms with van der Waals surface area (Å²) in [6, 6.07) is 14.3. The van der Waals surface area contributed by atoms with E-state index < -0.39 is 0 Å². The number of hydrogen-bond donors (Lipinski definition) is 2. The number of nitrogens with zero attached hydrogens (tertiary/aromatic N) is 3. The number of benzene rings is 2. The minimum absolute atomic E-state index is 0.0288. The summed E-state index contributed by atoms with van der Waals surface area (Å²) in [5, 5.41) is 12.4. The van der Waals surface area contributed by atoms with Gasteiger partial charge in [0.25, 0.3) is 5.91 Å². The molecule has 2 aromatic carbocycles. The van der Waals surface area contributed by atoms with E-state index in [0.29, 0.717) is 24.6 Å². The lowest BCUT2D eigenvalue weighted by atomic mass is 9.98. The van der Waals surface area contributed by atoms with Gasteiger partial charge in [0.2, 0.25) is 0 Å². The maximum atomic E-state index is 12.3. The fraction of sp³-hybridized carbons (Fsp3) is 0.391. The van der Waals surface area contributed by atoms with E-state index in [4.69, 9.17) is 4.98 Å². The third-order valence-electron chi connectivity index (χ3n) is 6.11. The van der Waals surface area contributed by atoms with Gasteiger partial charge < -0.3 is 15.0 Å². The first-order chi connectivity index (χ1) is 14.2. The van der Waals surface area contributed by atoms with E-state index in [2.05, 4.69) is 39.0 Å². The topological polar surface area (TPSA) is 70.4 Å². The van der Waals surface area contributed by atoms with Crippen molar-refractivity contribution >= 4 is 16.9 Å². The van der Waals surface area contributed by atoms with Crippen molar-refractivity contribution in [3.05, 3.63) is 53.6 Å². The van der Waals surface area contributed by atoms with Crippen LogP contribution in [0.15, 0.2) is 42.5 Å². The fourth-order valence-corrected chi connectivity index (χ4v) is 4.64. The summed E-state index contributed by atoms with van der Waals surface area (Å²) in [5.74, 6) is 1.29. The molecule has 1 atom stereocenters. The number of aliphatic hydroxyl groups excluding tert-OH is 1. The molecule has 3 aromatic rings. The molecule has 0 radical (unpaired) electrons. The largest absolute Gasteiger partial charge is 0.396 e. The molecule has 1 saturated heterocycles. The third kappa shape index (κ3) is 3.43. The molecule has 5 rings (SSSR count). The summed E-state index contributed by atoms with van der Waals surface area (Å²) in [5.41, 5.74) is 4.82. The van der Waals surface area contributed by atoms with Crippen molar-refractivity contribution in [2.75, 3.05) is 26.2 Å². The molecule has 2 N–H and O–H groups in total. The normalized spacial score (nSPS) is 19.9. The number of rotatable bonds is 4. The first-order valence-electron chi connectivity index (χ1n) is 10.4. The summed E-state index contributed by atoms with van der Waals surface area (Å²) >= 11 is 0. The maximum absolute atomic E-state index is 12.3. The van der Waals surface area contributed by atoms with Gasteiger partial charge in [-0.25, -0.2) is 4.98 Å². The number of hydrogen-bond acceptors (Lipinski definition) is 4. The summed E-state index contributed by atoms with van der Waals surface area (Å²) in [6.45, 7) is 4.58. The summed E-state index contributed by atoms with van der Waals surface area (Å²) in [7, 11) is 0. The van der Waals surface area contributed by atoms with Crippen molar-refractivity contribution in [2.24, 2.45) is 5.92 Å². The number of amides is 1. The van der Waals surface area contributed by atoms with Crippen LogP contribution in [-0.2, 0) is 13.1 Å². The van der Waals surface area contributed by atoms with Crippen LogP contribution < -0.4 is 5.32 Å². The smallest absolute Gasteiger partial charge is 0.253 e. The molecule has 0 bridgehead atoms. The van der Waals surface area contributed by atoms with Gasteiger partial charge in [-0.3, -0.25) is 9.69 Å². The van der Waals surface area contributed by atoms with E-state index in [1.165, 1.54) is 5.56 Å². The predicted octanol–water partition coefficient (Wildman–Crippen LogP) is 2.65. The Balaban J connectivity index is 1.43. The Morgan fingerprint density at radius 1 is 1.14 bits per heavy atom. The second kappa shape index (κ2) is 7.61. The number of likely N-dealkylation sites (tertiary alicyclic amines) is 1. The van der Waals surface area contributed by atoms with Crippen molar-refractivity contribution < 1.29 is 9.90 Å². The van der Waals surface area contributed by atoms with Crippen LogP contribution in [0.1, 0.15) is 28.8 Å². The van der Waals surface area contributed by atoms with Crippen molar-refractivity contribution in [1.82, 2.24) is 19.8 Å². The van der Waals surface area contributed by atoms with Crippen LogP contribution in [-0.4, -0.2) is 51.7 Å². The van der Waals surface area contributed by atoms with Crippen molar-refractivity contribution in [1.29, 1.82) is 0 Å². The highest BCUT2D eigenvalue weighted by Crippen LogP contribution is 2.29. The van der Waals surface area contributed by atoms with E-state index in [9.17, 15) is 9.90 Å². The monoisotopic (exact) mass is 390 g/mol. The molecule has 2 aliphatic rings. The Bertz CT molecular complexity index is 1040. The van der Waals surface area contributed by atoms with Gasteiger partial charge in [0.05, 0.1) is 16.6 Å². The lowest BCUT2D eigenvalue weighted by Crippen LogP contribution is -2.36. The predicted molar refractivity (Wildman–Crippen MR) is 113 cm³/mol. The Morgan fingerprint density at radius 3 is 2.83 bits per heavy atom. The number of para-hydroxylation sites is 1. The number of carbonyl (C=O) groups is 1. The average Bonchev–Trinajstić information content (AvgIpc) is 3.04. The maximum Gasteiger partial charge on any atom is 0.253 e. The molecule has 6 nitrogen and oxygen atoms in total. The first kappa shape index (κ1) is 18.3. The Hall–Kier alpha value is -2.70. The standard InChI is InChI=1S/C23H26N4O2/c28-15-17-3-2-11-26(14-17)13-16-6-8-18(9-7-16)22-25-20-5-1-4-19-21(20)27(22)12-10-24-23(19)29/h1,4-9,17,28H,2-3,10-15H2,(H,24,29). The van der Waals surface area contributed by atoms with Crippen LogP contribution in [0.25, 0.3) is 22.4 Å². The molecule has 0 saturated carbocycles. The van der Waals surface area contributed by atoms with Crippen LogP contribution >= 0.6 is 0 Å². The quantitative estimate of drug-likeness (QED) is 0.719. The average molecular weight is 390 g/mol. The minimum atomic E-state index is -0.0288. The van der Waals surface area contributed by atoms with Gasteiger partial charge in [-0.15, -0.1) is 0 Å². The van der Waals surface area contributed by atoms with Crippen LogP contribution in [0.2, 0.25) is 0 Å². The molecule has 6 heteroatoms. The summed E-state index contributed by atoms with van der Waals surface area (Å²) in [6.07, 6.45) is 2.28. The highest BCUT2D eigenvalue weighted by molar-refractivity contribution is 6.06. The molecule has 0 spiro atoms. The van der Waals surface area contributed by atoms with E-state index in [0.717, 1.165) is 54.9 Å². The van der Waals surface area contributed by atoms with E-state index in [-0.39, 0.29) is 12.5 Å². The first-order valence-corrected chi connectivity index (χ1v) is 10.4. The van der Waals surface area contributed by atoms with Gasteiger partial charge in [0.1, 0.15) is 5.82 Å². The molecular weight excluding hydrogens is 364 g/mol. The zero-order chi connectivity index (χ0) is 19.8. The van der Waals surface area contributed by atoms with Gasteiger partial charge in [0.15, 0.2) is 0 Å². The molecule has 2 aliphatic heterocycles. The molecule has 29 heavy (non-hydrogen) atoms. The van der Waals surface area contributed by atoms with E-state index in [1.807, 2.05) is 18.2 Å². The summed E-state index contributed by atoms with van der Waals surface area (Å²) in [4.78, 5) is 19.6. The zero-order valence-electron chi connectivity index (χ0n) is 16.5. The summed E-state index contributed by atoms with van der Waals surface area (Å²) < 4.78 is 2.16. The Kier molecular flexibility index (Phi) is 4.81. The second-order valence-corrected chi connectivity index (χ2v) is 8.14. The molecule has 1 fully saturated rings. The lowest BCUT2D eigenvalue weighted by molar-refractivity contribution is 0.0956. The zero-order valence-corrected chi connectivity index (χ0v) is 16.5. The second-order valence-electron chi connectivity index (χ2n) is 8.14. The van der Waals surface area contributed by atoms with Crippen LogP contribution in [0.4, 0.5) is 0 Å². The highest BCUT2D eigenvalue weighted by atomic mass is 16.3. The molecule has 3 heterocycles. The van der Waals surface area contributed by atoms with E-state index >= 15 is 0 Å². The van der Waals surface area contributed by atoms with E-state index in [1.54, 1.807) is 0 Å². The number of piperidine rings is 1. The Morgan fingerprint density at radius 2 is 2.00 bits per heavy atom. The van der Waals surface area contributed by atoms with Crippen molar-refractivity contribution in [3.63, 3.8) is 0 Å². The fourth-order valence-electron chi connectivity index (χ4n) is 4.64. The van der Waals surface area contributed by atoms with Gasteiger partial charge in [-0.2, -0.15) is 0 Å². The lowest BCUT2D eigenvalue weighted by Gasteiger charge is -2.31. The number of imidazole rings is 1. The van der Waals surface area contributed by atoms with Crippen LogP contribution in [0.5, 0.6) is 0 Å². The van der Waals surface area contributed by atoms with Crippen molar-refractivity contribution in [3.8, 4) is 11.4 Å². The molecule has 1 unspecified atom stereocenters. The SMILES string of the molecule is O=C1NCCn2c(-c3ccc(CN4CCCC(CO)C4)cc3)nc3cccc1c32. The molecular formula is C23H26N4O2. The van der Waals surface area contributed by atoms with Crippen LogP contribution in [0.3, 0.4) is 0 Å². The van der Waals surface area contributed by atoms with Crippen LogP contribution in [0, 0.1) is 5.92 Å². The highest BCUT2D eigenvalue weighted by Gasteiger charge is 2.22. The van der Waals surface area contributed by atoms with Gasteiger partial charge in [0, 0.05) is 38.3 Å². The van der Waals surface area contributed by atoms with Gasteiger partial charge >= 0.3 is 0 Å². The molecule has 1 amide bonds. The van der Waals surface area contributed by atoms with Gasteiger partial charge in [-0.1, -0.05) is 30.3 Å². The minimum Gasteiger partial charge on any atom is -0.396 e. The number of carbonyl (C=O) groups excluding carboxylic acids is 1. The Labute approximate surface area is 170 Å². The number of nitrogens with one attached hydrogen (secondary N) is 1. The van der Waals surface area contributed by atoms with Gasteiger partial charge in [-0.05, 0) is 43.0 Å². The molecule has 150 valence electrons. The number of aromatic nitrogens is 2. The molecule has 1 aromatic heterocycles. The number of aliphatic hydroxyl groups is 1. The molecule has 0 aliphatic carbocycles. The third-order valence-corrected chi connectivity index (χ3v) is 6.11.